The standard InChI is InChI=1S/C25H23N3O/c1-16-6-9-18(10-7-16)24-14-22(21-4-2-3-5-23(21)27-24)25(29)28-26-15-20-13-17-8-11-19(20)12-17/h2-11,14-15,17,19-20H,12-13H2,1H3,(H,28,29). The SMILES string of the molecule is Cc1ccc(-c2cc(C(=O)NN=CC3CC4C=CC3C4)c3ccccc3n2)cc1. The molecule has 1 fully saturated rings. The second-order valence-electron chi connectivity index (χ2n) is 8.10. The molecule has 5 rings (SSSR count). The van der Waals surface area contributed by atoms with Crippen molar-refractivity contribution in [3.63, 3.8) is 0 Å². The van der Waals surface area contributed by atoms with Crippen LogP contribution in [0, 0.1) is 24.7 Å². The predicted octanol–water partition coefficient (Wildman–Crippen LogP) is 5.14. The minimum atomic E-state index is -0.202. The molecule has 1 N–H and O–H groups in total. The number of rotatable bonds is 4. The normalized spacial score (nSPS) is 22.6. The number of pyridine rings is 1. The number of fused-ring (bicyclic) bond motifs is 3. The van der Waals surface area contributed by atoms with Gasteiger partial charge < -0.3 is 0 Å². The van der Waals surface area contributed by atoms with Gasteiger partial charge in [0.15, 0.2) is 0 Å². The lowest BCUT2D eigenvalue weighted by molar-refractivity contribution is 0.0956. The van der Waals surface area contributed by atoms with Crippen LogP contribution in [0.2, 0.25) is 0 Å². The lowest BCUT2D eigenvalue weighted by atomic mass is 9.95. The van der Waals surface area contributed by atoms with Gasteiger partial charge in [-0.25, -0.2) is 10.4 Å². The molecule has 1 aromatic heterocycles. The summed E-state index contributed by atoms with van der Waals surface area (Å²) in [6.07, 6.45) is 8.87. The number of para-hydroxylation sites is 1. The number of amides is 1. The fourth-order valence-corrected chi connectivity index (χ4v) is 4.48. The number of aryl methyl sites for hydroxylation is 1. The smallest absolute Gasteiger partial charge is 0.267 e. The molecule has 3 atom stereocenters. The number of hydrogen-bond donors (Lipinski definition) is 1. The van der Waals surface area contributed by atoms with Gasteiger partial charge in [0.1, 0.15) is 0 Å². The molecule has 0 aliphatic heterocycles. The first-order chi connectivity index (χ1) is 14.2. The summed E-state index contributed by atoms with van der Waals surface area (Å²) < 4.78 is 0. The molecule has 2 aromatic carbocycles. The Hall–Kier alpha value is -3.27. The molecule has 2 bridgehead atoms. The van der Waals surface area contributed by atoms with E-state index in [0.717, 1.165) is 28.6 Å². The van der Waals surface area contributed by atoms with Crippen LogP contribution >= 0.6 is 0 Å². The Bertz CT molecular complexity index is 1130. The number of carbonyl (C=O) groups excluding carboxylic acids is 1. The quantitative estimate of drug-likeness (QED) is 0.387. The largest absolute Gasteiger partial charge is 0.272 e. The first kappa shape index (κ1) is 17.8. The minimum Gasteiger partial charge on any atom is -0.267 e. The van der Waals surface area contributed by atoms with Crippen LogP contribution in [0.3, 0.4) is 0 Å². The molecule has 1 heterocycles. The summed E-state index contributed by atoms with van der Waals surface area (Å²) in [6.45, 7) is 2.06. The van der Waals surface area contributed by atoms with Gasteiger partial charge in [-0.3, -0.25) is 4.79 Å². The average molecular weight is 381 g/mol. The Labute approximate surface area is 170 Å². The molecule has 3 unspecified atom stereocenters. The molecule has 0 radical (unpaired) electrons. The molecule has 144 valence electrons. The van der Waals surface area contributed by atoms with Crippen molar-refractivity contribution in [1.82, 2.24) is 10.4 Å². The fourth-order valence-electron chi connectivity index (χ4n) is 4.48. The third-order valence-electron chi connectivity index (χ3n) is 6.07. The van der Waals surface area contributed by atoms with Crippen molar-refractivity contribution in [2.45, 2.75) is 19.8 Å². The lowest BCUT2D eigenvalue weighted by Gasteiger charge is -2.12. The first-order valence-corrected chi connectivity index (χ1v) is 10.2. The second kappa shape index (κ2) is 7.28. The zero-order chi connectivity index (χ0) is 19.8. The molecule has 4 heteroatoms. The van der Waals surface area contributed by atoms with Crippen LogP contribution in [-0.2, 0) is 0 Å². The van der Waals surface area contributed by atoms with E-state index in [1.54, 1.807) is 0 Å². The third kappa shape index (κ3) is 3.46. The van der Waals surface area contributed by atoms with Crippen molar-refractivity contribution in [3.8, 4) is 11.3 Å². The van der Waals surface area contributed by atoms with Crippen molar-refractivity contribution < 1.29 is 4.79 Å². The van der Waals surface area contributed by atoms with Crippen molar-refractivity contribution in [1.29, 1.82) is 0 Å². The Morgan fingerprint density at radius 2 is 1.93 bits per heavy atom. The van der Waals surface area contributed by atoms with Gasteiger partial charge >= 0.3 is 0 Å². The molecule has 4 nitrogen and oxygen atoms in total. The van der Waals surface area contributed by atoms with Gasteiger partial charge in [-0.1, -0.05) is 60.2 Å². The number of carbonyl (C=O) groups is 1. The van der Waals surface area contributed by atoms with E-state index in [4.69, 9.17) is 4.98 Å². The zero-order valence-electron chi connectivity index (χ0n) is 16.4. The van der Waals surface area contributed by atoms with Crippen LogP contribution in [0.5, 0.6) is 0 Å². The van der Waals surface area contributed by atoms with Crippen LogP contribution in [0.1, 0.15) is 28.8 Å². The van der Waals surface area contributed by atoms with Crippen LogP contribution < -0.4 is 5.43 Å². The summed E-state index contributed by atoms with van der Waals surface area (Å²) in [5.74, 6) is 1.50. The monoisotopic (exact) mass is 381 g/mol. The van der Waals surface area contributed by atoms with E-state index >= 15 is 0 Å². The first-order valence-electron chi connectivity index (χ1n) is 10.2. The van der Waals surface area contributed by atoms with Crippen LogP contribution in [0.15, 0.2) is 71.9 Å². The van der Waals surface area contributed by atoms with E-state index in [0.29, 0.717) is 23.3 Å². The van der Waals surface area contributed by atoms with Gasteiger partial charge in [-0.2, -0.15) is 5.10 Å². The average Bonchev–Trinajstić information content (AvgIpc) is 3.37. The molecule has 3 aromatic rings. The second-order valence-corrected chi connectivity index (χ2v) is 8.10. The summed E-state index contributed by atoms with van der Waals surface area (Å²) in [6, 6.07) is 17.8. The number of allylic oxidation sites excluding steroid dienone is 2. The van der Waals surface area contributed by atoms with E-state index in [9.17, 15) is 4.79 Å². The van der Waals surface area contributed by atoms with Crippen LogP contribution in [-0.4, -0.2) is 17.1 Å². The number of nitrogens with one attached hydrogen (secondary N) is 1. The van der Waals surface area contributed by atoms with Gasteiger partial charge in [0.2, 0.25) is 0 Å². The minimum absolute atomic E-state index is 0.202. The van der Waals surface area contributed by atoms with Gasteiger partial charge in [0.25, 0.3) is 5.91 Å². The molecular weight excluding hydrogens is 358 g/mol. The van der Waals surface area contributed by atoms with Crippen LogP contribution in [0.25, 0.3) is 22.2 Å². The maximum Gasteiger partial charge on any atom is 0.272 e. The third-order valence-corrected chi connectivity index (χ3v) is 6.07. The number of hydrogen-bond acceptors (Lipinski definition) is 3. The highest BCUT2D eigenvalue weighted by atomic mass is 16.2. The van der Waals surface area contributed by atoms with Gasteiger partial charge in [-0.05, 0) is 43.7 Å². The Morgan fingerprint density at radius 3 is 2.69 bits per heavy atom. The van der Waals surface area contributed by atoms with E-state index in [-0.39, 0.29) is 5.91 Å². The molecule has 29 heavy (non-hydrogen) atoms. The summed E-state index contributed by atoms with van der Waals surface area (Å²) in [7, 11) is 0. The Balaban J connectivity index is 1.44. The lowest BCUT2D eigenvalue weighted by Crippen LogP contribution is -2.20. The van der Waals surface area contributed by atoms with Crippen molar-refractivity contribution in [3.05, 3.63) is 77.9 Å². The van der Waals surface area contributed by atoms with Crippen LogP contribution in [0.4, 0.5) is 0 Å². The Morgan fingerprint density at radius 1 is 1.10 bits per heavy atom. The predicted molar refractivity (Wildman–Crippen MR) is 117 cm³/mol. The number of nitrogens with zero attached hydrogens (tertiary/aromatic N) is 2. The molecule has 1 saturated carbocycles. The van der Waals surface area contributed by atoms with Gasteiger partial charge in [-0.15, -0.1) is 0 Å². The highest BCUT2D eigenvalue weighted by Gasteiger charge is 2.34. The molecule has 2 aliphatic carbocycles. The summed E-state index contributed by atoms with van der Waals surface area (Å²) in [5, 5.41) is 5.12. The Kier molecular flexibility index (Phi) is 4.47. The van der Waals surface area contributed by atoms with E-state index in [2.05, 4.69) is 41.7 Å². The topological polar surface area (TPSA) is 54.4 Å². The van der Waals surface area contributed by atoms with E-state index in [1.165, 1.54) is 12.0 Å². The molecule has 0 saturated heterocycles. The van der Waals surface area contributed by atoms with Gasteiger partial charge in [0.05, 0.1) is 16.8 Å². The molecule has 0 spiro atoms. The molecular formula is C25H23N3O. The molecule has 2 aliphatic rings. The van der Waals surface area contributed by atoms with Crippen molar-refractivity contribution in [2.24, 2.45) is 22.9 Å². The molecule has 1 amide bonds. The van der Waals surface area contributed by atoms with E-state index < -0.39 is 0 Å². The number of benzene rings is 2. The summed E-state index contributed by atoms with van der Waals surface area (Å²) >= 11 is 0. The van der Waals surface area contributed by atoms with Crippen molar-refractivity contribution in [2.75, 3.05) is 0 Å². The maximum absolute atomic E-state index is 13.0. The summed E-state index contributed by atoms with van der Waals surface area (Å²) in [5.41, 5.74) is 7.11. The maximum atomic E-state index is 13.0. The van der Waals surface area contributed by atoms with E-state index in [1.807, 2.05) is 48.7 Å². The number of hydrazone groups is 1. The highest BCUT2D eigenvalue weighted by molar-refractivity contribution is 6.07. The van der Waals surface area contributed by atoms with Gasteiger partial charge in [0, 0.05) is 23.1 Å². The summed E-state index contributed by atoms with van der Waals surface area (Å²) in [4.78, 5) is 17.7. The van der Waals surface area contributed by atoms with Crippen molar-refractivity contribution >= 4 is 23.0 Å². The number of aromatic nitrogens is 1. The fraction of sp³-hybridized carbons (Fsp3) is 0.240. The zero-order valence-corrected chi connectivity index (χ0v) is 16.4. The highest BCUT2D eigenvalue weighted by Crippen LogP contribution is 2.42.